The Kier molecular flexibility index (Phi) is 7.70. The van der Waals surface area contributed by atoms with E-state index in [2.05, 4.69) is 0 Å². The molecule has 0 bridgehead atoms. The molecule has 0 aromatic heterocycles. The minimum absolute atomic E-state index is 0.0508. The fourth-order valence-corrected chi connectivity index (χ4v) is 1.62. The third-order valence-electron chi connectivity index (χ3n) is 2.79. The summed E-state index contributed by atoms with van der Waals surface area (Å²) in [5.74, 6) is 0.0508. The molecule has 1 aromatic rings. The van der Waals surface area contributed by atoms with Crippen molar-refractivity contribution in [1.82, 2.24) is 0 Å². The Hall–Kier alpha value is -1.52. The van der Waals surface area contributed by atoms with E-state index in [1.165, 1.54) is 5.56 Å². The standard InChI is InChI=1S/C15H22N2O2/c1-2-14(16)11-15(18)17-9-6-10-19-12-13-7-4-3-5-8-13/h3-5,7-8,16H,2,6,9-12H2,1H3,(H,17,18)/p+1. The smallest absolute Gasteiger partial charge is 0.316 e. The molecule has 4 nitrogen and oxygen atoms in total. The van der Waals surface area contributed by atoms with E-state index in [0.29, 0.717) is 25.3 Å². The zero-order valence-electron chi connectivity index (χ0n) is 11.5. The maximum absolute atomic E-state index is 11.4. The van der Waals surface area contributed by atoms with Crippen molar-refractivity contribution < 1.29 is 14.8 Å². The number of ether oxygens (including phenoxy) is 1. The van der Waals surface area contributed by atoms with E-state index in [1.54, 1.807) is 5.32 Å². The van der Waals surface area contributed by atoms with Crippen molar-refractivity contribution in [3.05, 3.63) is 35.9 Å². The summed E-state index contributed by atoms with van der Waals surface area (Å²) in [5, 5.41) is 9.12. The fraction of sp³-hybridized carbons (Fsp3) is 0.467. The normalized spacial score (nSPS) is 10.4. The molecule has 1 amide bonds. The number of hydrogen-bond acceptors (Lipinski definition) is 3. The summed E-state index contributed by atoms with van der Waals surface area (Å²) in [6.45, 7) is 3.90. The van der Waals surface area contributed by atoms with Crippen LogP contribution in [0.3, 0.4) is 0 Å². The topological polar surface area (TPSA) is 66.8 Å². The van der Waals surface area contributed by atoms with Gasteiger partial charge in [-0.25, -0.2) is 4.79 Å². The fourth-order valence-electron chi connectivity index (χ4n) is 1.62. The van der Waals surface area contributed by atoms with Crippen LogP contribution in [-0.2, 0) is 16.1 Å². The zero-order chi connectivity index (χ0) is 13.9. The lowest BCUT2D eigenvalue weighted by atomic mass is 10.2. The number of nitrogens with one attached hydrogen (secondary N) is 1. The van der Waals surface area contributed by atoms with Crippen LogP contribution in [0, 0.1) is 5.41 Å². The number of benzene rings is 1. The quantitative estimate of drug-likeness (QED) is 0.524. The summed E-state index contributed by atoms with van der Waals surface area (Å²) >= 11 is 0. The van der Waals surface area contributed by atoms with Gasteiger partial charge in [0.25, 0.3) is 0 Å². The first-order valence-electron chi connectivity index (χ1n) is 6.76. The Bertz CT molecular complexity index is 390. The van der Waals surface area contributed by atoms with Crippen LogP contribution >= 0.6 is 0 Å². The summed E-state index contributed by atoms with van der Waals surface area (Å²) in [4.78, 5) is 11.4. The molecule has 0 saturated heterocycles. The van der Waals surface area contributed by atoms with Gasteiger partial charge in [-0.15, -0.1) is 0 Å². The number of carbonyl (C=O) groups excluding carboxylic acids is 1. The maximum Gasteiger partial charge on any atom is 0.316 e. The predicted molar refractivity (Wildman–Crippen MR) is 75.1 cm³/mol. The lowest BCUT2D eigenvalue weighted by Crippen LogP contribution is -2.88. The molecule has 0 aliphatic heterocycles. The van der Waals surface area contributed by atoms with Gasteiger partial charge in [0, 0.05) is 12.1 Å². The Morgan fingerprint density at radius 3 is 2.74 bits per heavy atom. The number of nitrogens with two attached hydrogens (primary N) is 1. The molecule has 0 fully saturated rings. The summed E-state index contributed by atoms with van der Waals surface area (Å²) in [7, 11) is 0. The van der Waals surface area contributed by atoms with Gasteiger partial charge in [0.1, 0.15) is 6.42 Å². The molecule has 3 N–H and O–H groups in total. The van der Waals surface area contributed by atoms with E-state index >= 15 is 0 Å². The Labute approximate surface area is 114 Å². The second-order valence-corrected chi connectivity index (χ2v) is 4.48. The summed E-state index contributed by atoms with van der Waals surface area (Å²) in [6, 6.07) is 10.0. The van der Waals surface area contributed by atoms with E-state index in [-0.39, 0.29) is 12.3 Å². The summed E-state index contributed by atoms with van der Waals surface area (Å²) in [5.41, 5.74) is 1.67. The SMILES string of the molecule is CCC(=N)CC(=O)[NH2+]CCCOCc1ccccc1. The molecule has 0 saturated carbocycles. The summed E-state index contributed by atoms with van der Waals surface area (Å²) < 4.78 is 5.53. The minimum Gasteiger partial charge on any atom is -0.377 e. The zero-order valence-corrected chi connectivity index (χ0v) is 11.5. The molecule has 0 radical (unpaired) electrons. The first kappa shape index (κ1) is 15.5. The monoisotopic (exact) mass is 263 g/mol. The van der Waals surface area contributed by atoms with E-state index in [1.807, 2.05) is 37.3 Å². The van der Waals surface area contributed by atoms with Gasteiger partial charge in [0.15, 0.2) is 0 Å². The Morgan fingerprint density at radius 2 is 2.05 bits per heavy atom. The van der Waals surface area contributed by atoms with Gasteiger partial charge in [-0.05, 0) is 12.0 Å². The van der Waals surface area contributed by atoms with E-state index in [9.17, 15) is 4.79 Å². The molecule has 0 spiro atoms. The van der Waals surface area contributed by atoms with Crippen molar-refractivity contribution in [3.63, 3.8) is 0 Å². The molecule has 0 unspecified atom stereocenters. The van der Waals surface area contributed by atoms with Crippen LogP contribution in [0.15, 0.2) is 30.3 Å². The van der Waals surface area contributed by atoms with Gasteiger partial charge in [0.05, 0.1) is 19.8 Å². The number of hydrogen-bond donors (Lipinski definition) is 2. The van der Waals surface area contributed by atoms with Crippen LogP contribution < -0.4 is 5.32 Å². The molecule has 0 atom stereocenters. The lowest BCUT2D eigenvalue weighted by molar-refractivity contribution is -0.568. The van der Waals surface area contributed by atoms with E-state index in [0.717, 1.165) is 13.0 Å². The first-order valence-corrected chi connectivity index (χ1v) is 6.76. The van der Waals surface area contributed by atoms with Gasteiger partial charge in [-0.3, -0.25) is 5.32 Å². The van der Waals surface area contributed by atoms with Crippen LogP contribution in [0.25, 0.3) is 0 Å². The molecular formula is C15H23N2O2+. The highest BCUT2D eigenvalue weighted by molar-refractivity contribution is 5.95. The average molecular weight is 263 g/mol. The molecule has 0 heterocycles. The third kappa shape index (κ3) is 7.49. The second-order valence-electron chi connectivity index (χ2n) is 4.48. The van der Waals surface area contributed by atoms with Crippen molar-refractivity contribution in [1.29, 1.82) is 5.41 Å². The summed E-state index contributed by atoms with van der Waals surface area (Å²) in [6.07, 6.45) is 1.76. The van der Waals surface area contributed by atoms with Gasteiger partial charge < -0.3 is 10.1 Å². The Balaban J connectivity index is 1.99. The van der Waals surface area contributed by atoms with E-state index in [4.69, 9.17) is 10.1 Å². The van der Waals surface area contributed by atoms with Crippen molar-refractivity contribution in [3.8, 4) is 0 Å². The lowest BCUT2D eigenvalue weighted by Gasteiger charge is -2.04. The molecule has 4 heteroatoms. The van der Waals surface area contributed by atoms with Gasteiger partial charge in [-0.2, -0.15) is 0 Å². The van der Waals surface area contributed by atoms with Crippen LogP contribution in [0.1, 0.15) is 31.7 Å². The highest BCUT2D eigenvalue weighted by Crippen LogP contribution is 2.00. The Morgan fingerprint density at radius 1 is 1.32 bits per heavy atom. The molecule has 1 rings (SSSR count). The number of primary amides is 1. The highest BCUT2D eigenvalue weighted by Gasteiger charge is 2.07. The van der Waals surface area contributed by atoms with Gasteiger partial charge in [-0.1, -0.05) is 37.3 Å². The van der Waals surface area contributed by atoms with Crippen LogP contribution in [0.4, 0.5) is 0 Å². The molecule has 19 heavy (non-hydrogen) atoms. The molecule has 104 valence electrons. The van der Waals surface area contributed by atoms with Crippen LogP contribution in [0.2, 0.25) is 0 Å². The molecule has 0 aliphatic rings. The number of carbonyl (C=O) groups is 1. The molecule has 0 aliphatic carbocycles. The number of rotatable bonds is 9. The van der Waals surface area contributed by atoms with Crippen LogP contribution in [0.5, 0.6) is 0 Å². The van der Waals surface area contributed by atoms with Gasteiger partial charge in [0.2, 0.25) is 0 Å². The molecule has 1 aromatic carbocycles. The second kappa shape index (κ2) is 9.42. The predicted octanol–water partition coefficient (Wildman–Crippen LogP) is 1.50. The van der Waals surface area contributed by atoms with E-state index < -0.39 is 0 Å². The van der Waals surface area contributed by atoms with Gasteiger partial charge >= 0.3 is 5.91 Å². The average Bonchev–Trinajstić information content (AvgIpc) is 2.43. The van der Waals surface area contributed by atoms with Crippen LogP contribution in [-0.4, -0.2) is 24.8 Å². The largest absolute Gasteiger partial charge is 0.377 e. The van der Waals surface area contributed by atoms with Crippen molar-refractivity contribution in [2.75, 3.05) is 13.2 Å². The number of quaternary nitrogens is 1. The maximum atomic E-state index is 11.4. The van der Waals surface area contributed by atoms with Crippen molar-refractivity contribution in [2.45, 2.75) is 32.8 Å². The van der Waals surface area contributed by atoms with Crippen molar-refractivity contribution in [2.24, 2.45) is 0 Å². The number of amides is 1. The highest BCUT2D eigenvalue weighted by atomic mass is 16.5. The molecular weight excluding hydrogens is 240 g/mol. The third-order valence-corrected chi connectivity index (χ3v) is 2.79. The minimum atomic E-state index is 0.0508. The van der Waals surface area contributed by atoms with Crippen molar-refractivity contribution >= 4 is 11.6 Å². The first-order chi connectivity index (χ1) is 9.22.